The van der Waals surface area contributed by atoms with E-state index in [0.717, 1.165) is 30.3 Å². The van der Waals surface area contributed by atoms with Crippen LogP contribution in [0, 0.1) is 5.82 Å². The molecule has 1 heterocycles. The normalized spacial score (nSPS) is 11.2. The summed E-state index contributed by atoms with van der Waals surface area (Å²) in [5.74, 6) is -0.549. The van der Waals surface area contributed by atoms with Gasteiger partial charge < -0.3 is 5.32 Å². The molecule has 0 aliphatic heterocycles. The Morgan fingerprint density at radius 1 is 1.32 bits per heavy atom. The van der Waals surface area contributed by atoms with Crippen molar-refractivity contribution in [1.29, 1.82) is 0 Å². The second-order valence-corrected chi connectivity index (χ2v) is 5.99. The molecule has 0 unspecified atom stereocenters. The number of benzene rings is 1. The molecule has 0 saturated heterocycles. The van der Waals surface area contributed by atoms with Crippen LogP contribution in [0.3, 0.4) is 0 Å². The molecule has 5 N–H and O–H groups in total. The van der Waals surface area contributed by atoms with Gasteiger partial charge >= 0.3 is 6.03 Å². The number of sulfonamides is 1. The number of aromatic nitrogens is 2. The van der Waals surface area contributed by atoms with Crippen molar-refractivity contribution in [2.75, 3.05) is 10.6 Å². The first-order valence-electron chi connectivity index (χ1n) is 6.23. The van der Waals surface area contributed by atoms with E-state index in [1.807, 2.05) is 6.92 Å². The summed E-state index contributed by atoms with van der Waals surface area (Å²) in [6.07, 6.45) is 0.720. The molecule has 8 nitrogen and oxygen atoms in total. The van der Waals surface area contributed by atoms with Crippen molar-refractivity contribution in [3.8, 4) is 0 Å². The fourth-order valence-corrected chi connectivity index (χ4v) is 2.25. The minimum Gasteiger partial charge on any atom is -0.308 e. The summed E-state index contributed by atoms with van der Waals surface area (Å²) in [7, 11) is -4.07. The molecule has 0 spiro atoms. The third kappa shape index (κ3) is 4.02. The molecule has 2 amide bonds. The SMILES string of the molecule is CCc1cc(NC(=O)Nc2cc(F)cc(S(N)(=O)=O)c2)n[nH]1. The van der Waals surface area contributed by atoms with E-state index in [0.29, 0.717) is 0 Å². The summed E-state index contributed by atoms with van der Waals surface area (Å²) in [5, 5.41) is 16.2. The molecule has 22 heavy (non-hydrogen) atoms. The van der Waals surface area contributed by atoms with E-state index in [4.69, 9.17) is 5.14 Å². The van der Waals surface area contributed by atoms with Gasteiger partial charge in [0.05, 0.1) is 4.90 Å². The van der Waals surface area contributed by atoms with Crippen molar-refractivity contribution in [3.05, 3.63) is 35.8 Å². The minimum absolute atomic E-state index is 0.0484. The van der Waals surface area contributed by atoms with Gasteiger partial charge in [0.1, 0.15) is 5.82 Å². The molecule has 0 aliphatic rings. The van der Waals surface area contributed by atoms with Gasteiger partial charge in [0.15, 0.2) is 5.82 Å². The fourth-order valence-electron chi connectivity index (χ4n) is 1.68. The molecule has 0 bridgehead atoms. The number of amides is 2. The smallest absolute Gasteiger partial charge is 0.308 e. The third-order valence-electron chi connectivity index (χ3n) is 2.71. The number of carbonyl (C=O) groups is 1. The summed E-state index contributed by atoms with van der Waals surface area (Å²) < 4.78 is 35.8. The van der Waals surface area contributed by atoms with E-state index in [1.54, 1.807) is 6.07 Å². The summed E-state index contributed by atoms with van der Waals surface area (Å²) in [6, 6.07) is 3.73. The molecule has 10 heteroatoms. The lowest BCUT2D eigenvalue weighted by atomic mass is 10.3. The molecule has 2 aromatic rings. The third-order valence-corrected chi connectivity index (χ3v) is 3.60. The van der Waals surface area contributed by atoms with Crippen molar-refractivity contribution < 1.29 is 17.6 Å². The highest BCUT2D eigenvalue weighted by Gasteiger charge is 2.13. The van der Waals surface area contributed by atoms with Crippen LogP contribution in [0.1, 0.15) is 12.6 Å². The number of carbonyl (C=O) groups excluding carboxylic acids is 1. The van der Waals surface area contributed by atoms with E-state index in [-0.39, 0.29) is 11.5 Å². The number of hydrogen-bond donors (Lipinski definition) is 4. The second kappa shape index (κ2) is 6.12. The molecule has 118 valence electrons. The zero-order valence-electron chi connectivity index (χ0n) is 11.6. The molecular weight excluding hydrogens is 313 g/mol. The number of halogens is 1. The van der Waals surface area contributed by atoms with Gasteiger partial charge in [-0.2, -0.15) is 5.10 Å². The quantitative estimate of drug-likeness (QED) is 0.676. The van der Waals surface area contributed by atoms with Crippen LogP contribution in [0.25, 0.3) is 0 Å². The first kappa shape index (κ1) is 15.9. The summed E-state index contributed by atoms with van der Waals surface area (Å²) >= 11 is 0. The lowest BCUT2D eigenvalue weighted by Gasteiger charge is -2.07. The number of primary sulfonamides is 1. The first-order valence-corrected chi connectivity index (χ1v) is 7.78. The number of anilines is 2. The number of nitrogens with one attached hydrogen (secondary N) is 3. The molecule has 0 saturated carbocycles. The lowest BCUT2D eigenvalue weighted by Crippen LogP contribution is -2.20. The van der Waals surface area contributed by atoms with Crippen LogP contribution in [-0.4, -0.2) is 24.6 Å². The van der Waals surface area contributed by atoms with Gasteiger partial charge in [-0.1, -0.05) is 6.92 Å². The van der Waals surface area contributed by atoms with E-state index in [1.165, 1.54) is 0 Å². The number of H-pyrrole nitrogens is 1. The Bertz CT molecular complexity index is 803. The average molecular weight is 327 g/mol. The Hall–Kier alpha value is -2.46. The maximum atomic E-state index is 13.4. The standard InChI is InChI=1S/C12H14FN5O3S/c1-2-8-6-11(18-17-8)16-12(19)15-9-3-7(13)4-10(5-9)22(14,20)21/h3-6H,2H2,1H3,(H2,14,20,21)(H3,15,16,17,18,19). The maximum absolute atomic E-state index is 13.4. The van der Waals surface area contributed by atoms with Crippen LogP contribution in [0.5, 0.6) is 0 Å². The Labute approximate surface area is 126 Å². The van der Waals surface area contributed by atoms with Crippen molar-refractivity contribution in [3.63, 3.8) is 0 Å². The zero-order valence-corrected chi connectivity index (χ0v) is 12.4. The monoisotopic (exact) mass is 327 g/mol. The van der Waals surface area contributed by atoms with Crippen LogP contribution >= 0.6 is 0 Å². The summed E-state index contributed by atoms with van der Waals surface area (Å²) in [5.41, 5.74) is 0.783. The second-order valence-electron chi connectivity index (χ2n) is 4.43. The number of urea groups is 1. The average Bonchev–Trinajstić information content (AvgIpc) is 2.84. The first-order chi connectivity index (χ1) is 10.3. The fraction of sp³-hybridized carbons (Fsp3) is 0.167. The van der Waals surface area contributed by atoms with Crippen molar-refractivity contribution in [2.24, 2.45) is 5.14 Å². The van der Waals surface area contributed by atoms with E-state index < -0.39 is 26.8 Å². The lowest BCUT2D eigenvalue weighted by molar-refractivity contribution is 0.262. The number of aromatic amines is 1. The summed E-state index contributed by atoms with van der Waals surface area (Å²) in [6.45, 7) is 1.92. The molecule has 0 fully saturated rings. The van der Waals surface area contributed by atoms with E-state index >= 15 is 0 Å². The number of nitrogens with two attached hydrogens (primary N) is 1. The van der Waals surface area contributed by atoms with Gasteiger partial charge in [-0.3, -0.25) is 10.4 Å². The zero-order chi connectivity index (χ0) is 16.3. The van der Waals surface area contributed by atoms with Gasteiger partial charge in [0.2, 0.25) is 10.0 Å². The van der Waals surface area contributed by atoms with E-state index in [9.17, 15) is 17.6 Å². The largest absolute Gasteiger partial charge is 0.324 e. The van der Waals surface area contributed by atoms with Gasteiger partial charge in [-0.25, -0.2) is 22.7 Å². The van der Waals surface area contributed by atoms with Gasteiger partial charge in [-0.15, -0.1) is 0 Å². The van der Waals surface area contributed by atoms with Crippen molar-refractivity contribution in [2.45, 2.75) is 18.2 Å². The van der Waals surface area contributed by atoms with Crippen LogP contribution < -0.4 is 15.8 Å². The predicted molar refractivity (Wildman–Crippen MR) is 78.4 cm³/mol. The predicted octanol–water partition coefficient (Wildman–Crippen LogP) is 1.40. The highest BCUT2D eigenvalue weighted by molar-refractivity contribution is 7.89. The topological polar surface area (TPSA) is 130 Å². The van der Waals surface area contributed by atoms with Gasteiger partial charge in [0, 0.05) is 17.4 Å². The van der Waals surface area contributed by atoms with Crippen LogP contribution in [0.2, 0.25) is 0 Å². The number of hydrogen-bond acceptors (Lipinski definition) is 4. The van der Waals surface area contributed by atoms with E-state index in [2.05, 4.69) is 20.8 Å². The molecular formula is C12H14FN5O3S. The summed E-state index contributed by atoms with van der Waals surface area (Å²) in [4.78, 5) is 11.3. The highest BCUT2D eigenvalue weighted by atomic mass is 32.2. The Morgan fingerprint density at radius 3 is 2.64 bits per heavy atom. The molecule has 0 atom stereocenters. The molecule has 1 aromatic heterocycles. The maximum Gasteiger partial charge on any atom is 0.324 e. The highest BCUT2D eigenvalue weighted by Crippen LogP contribution is 2.17. The molecule has 0 aliphatic carbocycles. The number of rotatable bonds is 4. The Morgan fingerprint density at radius 2 is 2.05 bits per heavy atom. The van der Waals surface area contributed by atoms with Crippen molar-refractivity contribution >= 4 is 27.6 Å². The molecule has 0 radical (unpaired) electrons. The Kier molecular flexibility index (Phi) is 4.43. The van der Waals surface area contributed by atoms with Crippen molar-refractivity contribution in [1.82, 2.24) is 10.2 Å². The number of aryl methyl sites for hydroxylation is 1. The molecule has 2 rings (SSSR count). The van der Waals surface area contributed by atoms with Crippen LogP contribution in [0.15, 0.2) is 29.2 Å². The van der Waals surface area contributed by atoms with Crippen LogP contribution in [0.4, 0.5) is 20.7 Å². The van der Waals surface area contributed by atoms with Gasteiger partial charge in [-0.05, 0) is 24.6 Å². The van der Waals surface area contributed by atoms with Gasteiger partial charge in [0.25, 0.3) is 0 Å². The minimum atomic E-state index is -4.07. The van der Waals surface area contributed by atoms with Crippen LogP contribution in [-0.2, 0) is 16.4 Å². The molecule has 1 aromatic carbocycles. The Balaban J connectivity index is 2.13. The number of nitrogens with zero attached hydrogens (tertiary/aromatic N) is 1.